The number of para-hydroxylation sites is 1. The molecule has 27 heavy (non-hydrogen) atoms. The first-order chi connectivity index (χ1) is 12.5. The molecule has 2 amide bonds. The molecule has 3 N–H and O–H groups in total. The molecule has 0 aromatic heterocycles. The number of hydrogen-bond acceptors (Lipinski definition) is 3. The molecule has 0 aliphatic heterocycles. The van der Waals surface area contributed by atoms with Crippen LogP contribution in [0.3, 0.4) is 0 Å². The summed E-state index contributed by atoms with van der Waals surface area (Å²) in [5.41, 5.74) is 5.34. The van der Waals surface area contributed by atoms with Gasteiger partial charge in [0, 0.05) is 16.8 Å². The predicted octanol–water partition coefficient (Wildman–Crippen LogP) is 5.14. The van der Waals surface area contributed by atoms with Crippen molar-refractivity contribution in [3.63, 3.8) is 0 Å². The first-order valence-electron chi connectivity index (χ1n) is 9.01. The minimum atomic E-state index is -0.444. The number of phenols is 1. The lowest BCUT2D eigenvalue weighted by molar-refractivity contribution is 0.252. The van der Waals surface area contributed by atoms with Gasteiger partial charge in [-0.15, -0.1) is 0 Å². The molecular weight excluding hydrogens is 338 g/mol. The van der Waals surface area contributed by atoms with Crippen LogP contribution in [0.25, 0.3) is 0 Å². The maximum absolute atomic E-state index is 11.9. The summed E-state index contributed by atoms with van der Waals surface area (Å²) < 4.78 is 0. The molecule has 0 aliphatic carbocycles. The lowest BCUT2D eigenvalue weighted by Crippen LogP contribution is -2.24. The van der Waals surface area contributed by atoms with Gasteiger partial charge in [0.1, 0.15) is 5.75 Å². The number of nitrogens with zero attached hydrogens (tertiary/aromatic N) is 1. The van der Waals surface area contributed by atoms with E-state index in [4.69, 9.17) is 0 Å². The Bertz CT molecular complexity index is 829. The monoisotopic (exact) mass is 367 g/mol. The van der Waals surface area contributed by atoms with Crippen LogP contribution < -0.4 is 10.7 Å². The summed E-state index contributed by atoms with van der Waals surface area (Å²) in [7, 11) is 0. The van der Waals surface area contributed by atoms with Crippen LogP contribution >= 0.6 is 0 Å². The van der Waals surface area contributed by atoms with E-state index in [0.29, 0.717) is 11.3 Å². The van der Waals surface area contributed by atoms with E-state index >= 15 is 0 Å². The number of carbonyl (C=O) groups is 1. The minimum Gasteiger partial charge on any atom is -0.507 e. The van der Waals surface area contributed by atoms with Crippen LogP contribution in [0.5, 0.6) is 5.75 Å². The standard InChI is InChI=1S/C22H29N3O2/c1-21(2,3)16-12-15(19(26)18(13-16)22(4,5)6)14-23-25-20(27)24-17-10-8-7-9-11-17/h7-14,26H,1-6H3,(H2,24,25,27). The Morgan fingerprint density at radius 2 is 1.63 bits per heavy atom. The highest BCUT2D eigenvalue weighted by Gasteiger charge is 2.24. The summed E-state index contributed by atoms with van der Waals surface area (Å²) in [5.74, 6) is 0.185. The molecule has 0 saturated heterocycles. The molecule has 2 rings (SSSR count). The Hall–Kier alpha value is -2.82. The molecule has 0 spiro atoms. The highest BCUT2D eigenvalue weighted by atomic mass is 16.3. The highest BCUT2D eigenvalue weighted by Crippen LogP contribution is 2.37. The Labute approximate surface area is 161 Å². The van der Waals surface area contributed by atoms with Crippen LogP contribution in [-0.2, 0) is 10.8 Å². The van der Waals surface area contributed by atoms with Crippen molar-refractivity contribution in [2.75, 3.05) is 5.32 Å². The summed E-state index contributed by atoms with van der Waals surface area (Å²) in [6, 6.07) is 12.6. The third kappa shape index (κ3) is 5.58. The van der Waals surface area contributed by atoms with E-state index in [1.165, 1.54) is 6.21 Å². The molecule has 5 nitrogen and oxygen atoms in total. The number of rotatable bonds is 3. The SMILES string of the molecule is CC(C)(C)c1cc(C=NNC(=O)Nc2ccccc2)c(O)c(C(C)(C)C)c1. The summed E-state index contributed by atoms with van der Waals surface area (Å²) in [4.78, 5) is 11.9. The average Bonchev–Trinajstić information content (AvgIpc) is 2.55. The van der Waals surface area contributed by atoms with Crippen molar-refractivity contribution in [2.45, 2.75) is 52.4 Å². The van der Waals surface area contributed by atoms with Crippen LogP contribution in [0.1, 0.15) is 58.2 Å². The number of hydrazone groups is 1. The van der Waals surface area contributed by atoms with E-state index < -0.39 is 6.03 Å². The van der Waals surface area contributed by atoms with Gasteiger partial charge in [-0.1, -0.05) is 65.8 Å². The predicted molar refractivity (Wildman–Crippen MR) is 112 cm³/mol. The first kappa shape index (κ1) is 20.5. The number of aromatic hydroxyl groups is 1. The highest BCUT2D eigenvalue weighted by molar-refractivity contribution is 5.91. The van der Waals surface area contributed by atoms with E-state index in [0.717, 1.165) is 11.1 Å². The maximum Gasteiger partial charge on any atom is 0.339 e. The van der Waals surface area contributed by atoms with Gasteiger partial charge >= 0.3 is 6.03 Å². The number of carbonyl (C=O) groups excluding carboxylic acids is 1. The van der Waals surface area contributed by atoms with Gasteiger partial charge in [-0.2, -0.15) is 5.10 Å². The zero-order chi connectivity index (χ0) is 20.2. The second kappa shape index (κ2) is 7.82. The number of phenolic OH excluding ortho intramolecular Hbond substituents is 1. The quantitative estimate of drug-likeness (QED) is 0.519. The molecule has 0 radical (unpaired) electrons. The van der Waals surface area contributed by atoms with E-state index in [1.807, 2.05) is 30.3 Å². The van der Waals surface area contributed by atoms with Crippen LogP contribution in [0.2, 0.25) is 0 Å². The molecule has 0 aliphatic rings. The van der Waals surface area contributed by atoms with Gasteiger partial charge in [-0.3, -0.25) is 0 Å². The molecule has 0 unspecified atom stereocenters. The third-order valence-electron chi connectivity index (χ3n) is 4.21. The van der Waals surface area contributed by atoms with E-state index in [2.05, 4.69) is 57.4 Å². The van der Waals surface area contributed by atoms with Crippen molar-refractivity contribution in [2.24, 2.45) is 5.10 Å². The molecule has 2 aromatic carbocycles. The van der Waals surface area contributed by atoms with Gasteiger partial charge in [0.05, 0.1) is 6.21 Å². The Balaban J connectivity index is 2.24. The largest absolute Gasteiger partial charge is 0.507 e. The van der Waals surface area contributed by atoms with Crippen LogP contribution in [0.15, 0.2) is 47.6 Å². The van der Waals surface area contributed by atoms with Gasteiger partial charge in [0.2, 0.25) is 0 Å². The van der Waals surface area contributed by atoms with Gasteiger partial charge < -0.3 is 10.4 Å². The van der Waals surface area contributed by atoms with Gasteiger partial charge in [-0.25, -0.2) is 10.2 Å². The first-order valence-corrected chi connectivity index (χ1v) is 9.01. The van der Waals surface area contributed by atoms with Crippen molar-refractivity contribution >= 4 is 17.9 Å². The molecule has 2 aromatic rings. The zero-order valence-corrected chi connectivity index (χ0v) is 16.9. The fourth-order valence-corrected chi connectivity index (χ4v) is 2.60. The number of benzene rings is 2. The molecular formula is C22H29N3O2. The second-order valence-corrected chi connectivity index (χ2v) is 8.65. The molecule has 144 valence electrons. The fourth-order valence-electron chi connectivity index (χ4n) is 2.60. The Morgan fingerprint density at radius 3 is 2.19 bits per heavy atom. The summed E-state index contributed by atoms with van der Waals surface area (Å²) in [6.07, 6.45) is 1.48. The Morgan fingerprint density at radius 1 is 1.00 bits per heavy atom. The maximum atomic E-state index is 11.9. The topological polar surface area (TPSA) is 73.7 Å². The minimum absolute atomic E-state index is 0.0750. The van der Waals surface area contributed by atoms with Gasteiger partial charge in [0.15, 0.2) is 0 Å². The van der Waals surface area contributed by atoms with E-state index in [-0.39, 0.29) is 16.6 Å². The van der Waals surface area contributed by atoms with Crippen LogP contribution in [0.4, 0.5) is 10.5 Å². The normalized spacial score (nSPS) is 12.2. The Kier molecular flexibility index (Phi) is 5.94. The molecule has 0 saturated carbocycles. The van der Waals surface area contributed by atoms with E-state index in [1.54, 1.807) is 12.1 Å². The summed E-state index contributed by atoms with van der Waals surface area (Å²) in [6.45, 7) is 12.5. The summed E-state index contributed by atoms with van der Waals surface area (Å²) in [5, 5.41) is 17.4. The smallest absolute Gasteiger partial charge is 0.339 e. The van der Waals surface area contributed by atoms with Crippen molar-refractivity contribution in [1.82, 2.24) is 5.43 Å². The van der Waals surface area contributed by atoms with Crippen molar-refractivity contribution in [3.05, 3.63) is 59.2 Å². The number of anilines is 1. The number of amides is 2. The van der Waals surface area contributed by atoms with Crippen molar-refractivity contribution in [3.8, 4) is 5.75 Å². The molecule has 0 atom stereocenters. The lowest BCUT2D eigenvalue weighted by atomic mass is 9.79. The number of nitrogens with one attached hydrogen (secondary N) is 2. The molecule has 5 heteroatoms. The van der Waals surface area contributed by atoms with Crippen LogP contribution in [-0.4, -0.2) is 17.4 Å². The third-order valence-corrected chi connectivity index (χ3v) is 4.21. The fraction of sp³-hybridized carbons (Fsp3) is 0.364. The average molecular weight is 367 g/mol. The second-order valence-electron chi connectivity index (χ2n) is 8.65. The lowest BCUT2D eigenvalue weighted by Gasteiger charge is -2.26. The van der Waals surface area contributed by atoms with E-state index in [9.17, 15) is 9.90 Å². The number of urea groups is 1. The van der Waals surface area contributed by atoms with Gasteiger partial charge in [0.25, 0.3) is 0 Å². The molecule has 0 heterocycles. The summed E-state index contributed by atoms with van der Waals surface area (Å²) >= 11 is 0. The van der Waals surface area contributed by atoms with Crippen molar-refractivity contribution in [1.29, 1.82) is 0 Å². The number of hydrogen-bond donors (Lipinski definition) is 3. The van der Waals surface area contributed by atoms with Crippen molar-refractivity contribution < 1.29 is 9.90 Å². The van der Waals surface area contributed by atoms with Crippen LogP contribution in [0, 0.1) is 0 Å². The zero-order valence-electron chi connectivity index (χ0n) is 16.9. The molecule has 0 fully saturated rings. The van der Waals surface area contributed by atoms with Gasteiger partial charge in [-0.05, 0) is 34.6 Å². The molecule has 0 bridgehead atoms.